The van der Waals surface area contributed by atoms with Gasteiger partial charge in [0.05, 0.1) is 32.5 Å². The van der Waals surface area contributed by atoms with E-state index < -0.39 is 24.2 Å². The van der Waals surface area contributed by atoms with E-state index in [-0.39, 0.29) is 30.9 Å². The van der Waals surface area contributed by atoms with Gasteiger partial charge in [0.15, 0.2) is 0 Å². The highest BCUT2D eigenvalue weighted by molar-refractivity contribution is 5.94. The molecule has 2 amide bonds. The minimum absolute atomic E-state index is 0.00726. The van der Waals surface area contributed by atoms with Crippen molar-refractivity contribution in [1.29, 1.82) is 0 Å². The molecular weight excluding hydrogens is 570 g/mol. The van der Waals surface area contributed by atoms with Crippen molar-refractivity contribution in [2.24, 2.45) is 40.0 Å². The van der Waals surface area contributed by atoms with E-state index in [9.17, 15) is 19.8 Å². The Bertz CT molecular complexity index is 1400. The van der Waals surface area contributed by atoms with Crippen molar-refractivity contribution in [3.63, 3.8) is 0 Å². The summed E-state index contributed by atoms with van der Waals surface area (Å²) in [6.45, 7) is 10.9. The number of hydrogen-bond donors (Lipinski definition) is 2. The second kappa shape index (κ2) is 13.0. The summed E-state index contributed by atoms with van der Waals surface area (Å²) in [6, 6.07) is 14.7. The number of carbonyl (C=O) groups is 2. The van der Waals surface area contributed by atoms with E-state index in [0.29, 0.717) is 55.0 Å². The summed E-state index contributed by atoms with van der Waals surface area (Å²) in [4.78, 5) is 39.0. The molecule has 2 saturated heterocycles. The van der Waals surface area contributed by atoms with Gasteiger partial charge in [-0.05, 0) is 83.7 Å². The van der Waals surface area contributed by atoms with Crippen LogP contribution >= 0.6 is 0 Å². The van der Waals surface area contributed by atoms with E-state index in [4.69, 9.17) is 9.57 Å². The summed E-state index contributed by atoms with van der Waals surface area (Å²) < 4.78 is 5.37. The monoisotopic (exact) mass is 617 g/mol. The van der Waals surface area contributed by atoms with Gasteiger partial charge < -0.3 is 19.8 Å². The number of benzene rings is 2. The Hall–Kier alpha value is -2.95. The molecule has 2 aliphatic heterocycles. The van der Waals surface area contributed by atoms with Gasteiger partial charge in [0.2, 0.25) is 0 Å². The van der Waals surface area contributed by atoms with Gasteiger partial charge in [-0.3, -0.25) is 14.4 Å². The zero-order chi connectivity index (χ0) is 31.9. The van der Waals surface area contributed by atoms with Crippen LogP contribution in [-0.4, -0.2) is 89.4 Å². The van der Waals surface area contributed by atoms with Crippen LogP contribution in [0.2, 0.25) is 0 Å². The van der Waals surface area contributed by atoms with Gasteiger partial charge in [-0.15, -0.1) is 0 Å². The van der Waals surface area contributed by atoms with Crippen LogP contribution in [0.25, 0.3) is 11.1 Å². The number of rotatable bonds is 8. The van der Waals surface area contributed by atoms with Gasteiger partial charge in [-0.25, -0.2) is 4.99 Å². The average Bonchev–Trinajstić information content (AvgIpc) is 3.42. The molecule has 5 fully saturated rings. The molecule has 45 heavy (non-hydrogen) atoms. The fraction of sp³-hybridized carbons (Fsp3) is 0.583. The molecule has 242 valence electrons. The van der Waals surface area contributed by atoms with Crippen LogP contribution in [0.15, 0.2) is 53.5 Å². The standard InChI is InChI=1S/C36H47N3O6/c1-22-28(17-29-18-30(22)36(29,3)4)19-37-34(42)33-32(23(2)41)31(21-40)45-39(33)20-24-6-5-7-27(16-24)25-8-10-26(11-9-25)35(43)38-12-14-44-15-13-38/h5-11,16,19,22-23,28-33,40-41H,12-15,17-18,20-21H2,1-4H3/t22-,23+,28?,29+,30+,31+,32-,33+/m1/s1. The third-order valence-corrected chi connectivity index (χ3v) is 11.2. The van der Waals surface area contributed by atoms with E-state index in [2.05, 4.69) is 25.8 Å². The largest absolute Gasteiger partial charge is 0.394 e. The van der Waals surface area contributed by atoms with Gasteiger partial charge in [0.25, 0.3) is 11.8 Å². The zero-order valence-corrected chi connectivity index (χ0v) is 26.8. The maximum atomic E-state index is 13.7. The minimum atomic E-state index is -0.872. The van der Waals surface area contributed by atoms with E-state index in [0.717, 1.165) is 23.1 Å². The maximum absolute atomic E-state index is 13.7. The second-order valence-corrected chi connectivity index (χ2v) is 14.1. The van der Waals surface area contributed by atoms with Crippen molar-refractivity contribution in [2.45, 2.75) is 65.3 Å². The van der Waals surface area contributed by atoms with Gasteiger partial charge in [-0.2, -0.15) is 5.06 Å². The highest BCUT2D eigenvalue weighted by Crippen LogP contribution is 2.62. The van der Waals surface area contributed by atoms with Crippen LogP contribution in [0.4, 0.5) is 0 Å². The smallest absolute Gasteiger partial charge is 0.265 e. The highest BCUT2D eigenvalue weighted by atomic mass is 16.7. The van der Waals surface area contributed by atoms with E-state index >= 15 is 0 Å². The fourth-order valence-corrected chi connectivity index (χ4v) is 8.27. The van der Waals surface area contributed by atoms with Crippen LogP contribution in [0, 0.1) is 35.0 Å². The van der Waals surface area contributed by atoms with Gasteiger partial charge >= 0.3 is 0 Å². The molecule has 0 spiro atoms. The van der Waals surface area contributed by atoms with Crippen LogP contribution in [-0.2, 0) is 20.9 Å². The number of amides is 2. The molecule has 2 heterocycles. The van der Waals surface area contributed by atoms with Crippen LogP contribution in [0.3, 0.4) is 0 Å². The highest BCUT2D eigenvalue weighted by Gasteiger charge is 2.56. The number of aliphatic hydroxyl groups is 2. The number of aliphatic hydroxyl groups excluding tert-OH is 2. The lowest BCUT2D eigenvalue weighted by atomic mass is 9.43. The molecule has 0 radical (unpaired) electrons. The summed E-state index contributed by atoms with van der Waals surface area (Å²) in [5.41, 5.74) is 3.84. The molecule has 3 saturated carbocycles. The van der Waals surface area contributed by atoms with E-state index in [1.54, 1.807) is 12.0 Å². The molecule has 1 unspecified atom stereocenters. The van der Waals surface area contributed by atoms with Gasteiger partial charge in [0.1, 0.15) is 12.1 Å². The summed E-state index contributed by atoms with van der Waals surface area (Å²) in [5, 5.41) is 22.4. The van der Waals surface area contributed by atoms with Crippen molar-refractivity contribution in [2.75, 3.05) is 32.9 Å². The number of nitrogens with zero attached hydrogens (tertiary/aromatic N) is 3. The molecule has 0 aromatic heterocycles. The average molecular weight is 618 g/mol. The van der Waals surface area contributed by atoms with Crippen molar-refractivity contribution in [3.8, 4) is 11.1 Å². The van der Waals surface area contributed by atoms with Gasteiger partial charge in [0, 0.05) is 30.8 Å². The Morgan fingerprint density at radius 2 is 1.82 bits per heavy atom. The Kier molecular flexibility index (Phi) is 9.28. The van der Waals surface area contributed by atoms with Crippen molar-refractivity contribution in [1.82, 2.24) is 9.96 Å². The lowest BCUT2D eigenvalue weighted by Crippen LogP contribution is -2.55. The number of ether oxygens (including phenoxy) is 1. The first-order valence-corrected chi connectivity index (χ1v) is 16.4. The second-order valence-electron chi connectivity index (χ2n) is 14.1. The molecular formula is C36H47N3O6. The summed E-state index contributed by atoms with van der Waals surface area (Å²) in [7, 11) is 0. The molecule has 5 aliphatic rings. The SMILES string of the molecule is C[C@H](O)[C@@H]1[C@H](CO)ON(Cc2cccc(-c3ccc(C(=O)N4CCOCC4)cc3)c2)[C@@H]1C(=O)N=CC1C[C@H]2C[C@@H]([C@@H]1C)C2(C)C. The molecule has 2 N–H and O–H groups in total. The lowest BCUT2D eigenvalue weighted by molar-refractivity contribution is -0.180. The Labute approximate surface area is 266 Å². The number of fused-ring (bicyclic) bond motifs is 2. The summed E-state index contributed by atoms with van der Waals surface area (Å²) in [5.74, 6) is 1.07. The Morgan fingerprint density at radius 3 is 2.47 bits per heavy atom. The molecule has 9 nitrogen and oxygen atoms in total. The third kappa shape index (κ3) is 6.25. The first-order chi connectivity index (χ1) is 21.6. The summed E-state index contributed by atoms with van der Waals surface area (Å²) in [6.07, 6.45) is 2.56. The van der Waals surface area contributed by atoms with Crippen molar-refractivity contribution in [3.05, 3.63) is 59.7 Å². The third-order valence-electron chi connectivity index (χ3n) is 11.2. The fourth-order valence-electron chi connectivity index (χ4n) is 8.27. The Morgan fingerprint density at radius 1 is 1.09 bits per heavy atom. The van der Waals surface area contributed by atoms with Crippen molar-refractivity contribution >= 4 is 18.0 Å². The number of hydrogen-bond acceptors (Lipinski definition) is 7. The van der Waals surface area contributed by atoms with E-state index in [1.165, 1.54) is 6.42 Å². The zero-order valence-electron chi connectivity index (χ0n) is 26.8. The normalized spacial score (nSPS) is 32.0. The Balaban J connectivity index is 1.17. The predicted octanol–water partition coefficient (Wildman–Crippen LogP) is 4.22. The number of hydroxylamine groups is 2. The minimum Gasteiger partial charge on any atom is -0.394 e. The summed E-state index contributed by atoms with van der Waals surface area (Å²) >= 11 is 0. The molecule has 2 aromatic carbocycles. The molecule has 9 heteroatoms. The van der Waals surface area contributed by atoms with Crippen LogP contribution in [0.1, 0.15) is 56.5 Å². The molecule has 7 rings (SSSR count). The quantitative estimate of drug-likeness (QED) is 0.427. The number of morpholine rings is 1. The first kappa shape index (κ1) is 32.0. The molecule has 2 bridgehead atoms. The predicted molar refractivity (Wildman–Crippen MR) is 171 cm³/mol. The van der Waals surface area contributed by atoms with Crippen LogP contribution in [0.5, 0.6) is 0 Å². The van der Waals surface area contributed by atoms with Gasteiger partial charge in [-0.1, -0.05) is 51.1 Å². The topological polar surface area (TPSA) is 112 Å². The first-order valence-electron chi connectivity index (χ1n) is 16.4. The van der Waals surface area contributed by atoms with Crippen LogP contribution < -0.4 is 0 Å². The van der Waals surface area contributed by atoms with E-state index in [1.807, 2.05) is 59.6 Å². The number of carbonyl (C=O) groups excluding carboxylic acids is 2. The molecule has 3 aliphatic carbocycles. The lowest BCUT2D eigenvalue weighted by Gasteiger charge is -2.61. The molecule has 8 atom stereocenters. The maximum Gasteiger partial charge on any atom is 0.265 e. The molecule has 2 aromatic rings. The van der Waals surface area contributed by atoms with Crippen molar-refractivity contribution < 1.29 is 29.4 Å². The number of aliphatic imine (C=N–C) groups is 1.